The fraction of sp³-hybridized carbons (Fsp3) is 0.333. The smallest absolute Gasteiger partial charge is 0.253 e. The molecule has 6 atom stereocenters. The van der Waals surface area contributed by atoms with Crippen molar-refractivity contribution in [2.45, 2.75) is 35.1 Å². The van der Waals surface area contributed by atoms with Crippen LogP contribution in [0.2, 0.25) is 0 Å². The van der Waals surface area contributed by atoms with Gasteiger partial charge in [-0.15, -0.1) is 23.2 Å². The summed E-state index contributed by atoms with van der Waals surface area (Å²) >= 11 is 14.3. The lowest BCUT2D eigenvalue weighted by Crippen LogP contribution is -2.60. The van der Waals surface area contributed by atoms with Crippen molar-refractivity contribution >= 4 is 64.7 Å². The van der Waals surface area contributed by atoms with Crippen LogP contribution in [0.15, 0.2) is 70.7 Å². The third kappa shape index (κ3) is 4.49. The Bertz CT molecular complexity index is 1920. The van der Waals surface area contributed by atoms with Crippen LogP contribution < -0.4 is 14.4 Å². The van der Waals surface area contributed by atoms with Crippen molar-refractivity contribution in [2.75, 3.05) is 26.2 Å². The van der Waals surface area contributed by atoms with Crippen molar-refractivity contribution in [1.82, 2.24) is 4.90 Å². The number of alkyl halides is 2. The van der Waals surface area contributed by atoms with Crippen molar-refractivity contribution in [3.63, 3.8) is 0 Å². The van der Waals surface area contributed by atoms with Gasteiger partial charge in [-0.2, -0.15) is 0 Å². The Morgan fingerprint density at radius 1 is 0.938 bits per heavy atom. The molecular formula is C36H32Cl2N2O8. The Morgan fingerprint density at radius 2 is 1.69 bits per heavy atom. The predicted octanol–water partition coefficient (Wildman–Crippen LogP) is 5.15. The Hall–Kier alpha value is -4.38. The number of furan rings is 1. The highest BCUT2D eigenvalue weighted by atomic mass is 35.5. The first-order chi connectivity index (χ1) is 23.0. The van der Waals surface area contributed by atoms with E-state index < -0.39 is 51.1 Å². The second kappa shape index (κ2) is 11.6. The molecule has 1 saturated carbocycles. The molecule has 2 aliphatic carbocycles. The van der Waals surface area contributed by atoms with E-state index in [0.29, 0.717) is 22.8 Å². The minimum absolute atomic E-state index is 0.117. The van der Waals surface area contributed by atoms with E-state index in [-0.39, 0.29) is 36.9 Å². The maximum absolute atomic E-state index is 14.3. The van der Waals surface area contributed by atoms with Crippen molar-refractivity contribution < 1.29 is 38.2 Å². The molecule has 0 radical (unpaired) electrons. The summed E-state index contributed by atoms with van der Waals surface area (Å²) in [6, 6.07) is 15.7. The third-order valence-corrected chi connectivity index (χ3v) is 11.6. The molecule has 2 aliphatic heterocycles. The lowest BCUT2D eigenvalue weighted by molar-refractivity contribution is -0.138. The number of benzene rings is 2. The average Bonchev–Trinajstić information content (AvgIpc) is 3.71. The second-order valence-electron chi connectivity index (χ2n) is 12.5. The quantitative estimate of drug-likeness (QED) is 0.156. The van der Waals surface area contributed by atoms with Crippen LogP contribution in [0.1, 0.15) is 41.4 Å². The first kappa shape index (κ1) is 32.2. The van der Waals surface area contributed by atoms with Gasteiger partial charge in [0.25, 0.3) is 11.8 Å². The van der Waals surface area contributed by atoms with Gasteiger partial charge in [0.15, 0.2) is 9.75 Å². The number of likely N-dealkylation sites (tertiary alicyclic amines) is 1. The van der Waals surface area contributed by atoms with Crippen LogP contribution in [-0.4, -0.2) is 64.7 Å². The summed E-state index contributed by atoms with van der Waals surface area (Å²) in [6.07, 6.45) is 5.72. The summed E-state index contributed by atoms with van der Waals surface area (Å²) in [5.74, 6) is -3.46. The van der Waals surface area contributed by atoms with Gasteiger partial charge in [0, 0.05) is 12.6 Å². The number of ether oxygens (including phenoxy) is 2. The first-order valence-electron chi connectivity index (χ1n) is 15.5. The Morgan fingerprint density at radius 3 is 2.35 bits per heavy atom. The van der Waals surface area contributed by atoms with Crippen molar-refractivity contribution in [3.8, 4) is 11.5 Å². The van der Waals surface area contributed by atoms with Gasteiger partial charge in [0.2, 0.25) is 11.8 Å². The molecule has 10 nitrogen and oxygen atoms in total. The SMILES string of the molecule is COc1ccc(OC)c(C=Cc2ccc(N3C(=O)[C@H]4[C@H](CC=C5[C@H]4C[C@@]4(Cl)C(=O)N(C)C(=O)[C@@]4(Cl)[C@H]5c4ccc(CO)o4)C3=O)cc2)c1. The van der Waals surface area contributed by atoms with Gasteiger partial charge in [0.05, 0.1) is 37.7 Å². The fourth-order valence-corrected chi connectivity index (χ4v) is 8.84. The number of rotatable bonds is 7. The van der Waals surface area contributed by atoms with E-state index in [9.17, 15) is 24.3 Å². The molecule has 2 aromatic carbocycles. The van der Waals surface area contributed by atoms with Crippen LogP contribution in [0, 0.1) is 17.8 Å². The largest absolute Gasteiger partial charge is 0.497 e. The number of hydrogen-bond donors (Lipinski definition) is 1. The highest BCUT2D eigenvalue weighted by Crippen LogP contribution is 2.65. The van der Waals surface area contributed by atoms with Gasteiger partial charge in [0.1, 0.15) is 29.6 Å². The summed E-state index contributed by atoms with van der Waals surface area (Å²) in [5, 5.41) is 9.69. The maximum atomic E-state index is 14.3. The standard InChI is InChI=1S/C36H32Cl2N2O8/c1-39-33(44)35(37)17-26-24(30(36(35,38)34(39)45)28-15-11-23(18-41)48-28)12-13-25-29(26)32(43)40(31(25)42)21-8-5-19(6-9-21)4-7-20-16-22(46-2)10-14-27(20)47-3/h4-12,14-16,25-26,29-30,41H,13,17-18H2,1-3H3/t25-,26+,29-,30+,35+,36-/m0/s1. The summed E-state index contributed by atoms with van der Waals surface area (Å²) < 4.78 is 16.7. The molecule has 3 fully saturated rings. The Labute approximate surface area is 286 Å². The Kier molecular flexibility index (Phi) is 7.81. The van der Waals surface area contributed by atoms with E-state index in [2.05, 4.69) is 0 Å². The molecule has 3 aromatic rings. The summed E-state index contributed by atoms with van der Waals surface area (Å²) in [6.45, 7) is -0.389. The zero-order valence-corrected chi connectivity index (χ0v) is 27.8. The lowest BCUT2D eigenvalue weighted by Gasteiger charge is -2.49. The van der Waals surface area contributed by atoms with E-state index in [4.69, 9.17) is 37.1 Å². The molecule has 3 heterocycles. The zero-order chi connectivity index (χ0) is 34.1. The second-order valence-corrected chi connectivity index (χ2v) is 13.7. The number of hydrogen-bond acceptors (Lipinski definition) is 8. The number of allylic oxidation sites excluding steroid dienone is 2. The molecule has 4 amide bonds. The number of carbonyl (C=O) groups is 4. The van der Waals surface area contributed by atoms with Gasteiger partial charge in [-0.3, -0.25) is 29.0 Å². The number of methoxy groups -OCH3 is 2. The van der Waals surface area contributed by atoms with Crippen LogP contribution in [0.25, 0.3) is 12.2 Å². The number of fused-ring (bicyclic) bond motifs is 4. The zero-order valence-electron chi connectivity index (χ0n) is 26.3. The van der Waals surface area contributed by atoms with Gasteiger partial charge in [-0.05, 0) is 66.8 Å². The van der Waals surface area contributed by atoms with Crippen LogP contribution in [0.3, 0.4) is 0 Å². The van der Waals surface area contributed by atoms with Crippen molar-refractivity contribution in [3.05, 3.63) is 88.9 Å². The Balaban J connectivity index is 1.21. The molecule has 0 bridgehead atoms. The molecule has 0 spiro atoms. The van der Waals surface area contributed by atoms with Gasteiger partial charge >= 0.3 is 0 Å². The van der Waals surface area contributed by atoms with E-state index >= 15 is 0 Å². The number of halogens is 2. The third-order valence-electron chi connectivity index (χ3n) is 10.2. The van der Waals surface area contributed by atoms with E-state index in [0.717, 1.165) is 16.0 Å². The average molecular weight is 692 g/mol. The fourth-order valence-electron chi connectivity index (χ4n) is 7.84. The van der Waals surface area contributed by atoms with E-state index in [1.54, 1.807) is 38.5 Å². The van der Waals surface area contributed by atoms with Gasteiger partial charge in [-0.25, -0.2) is 0 Å². The molecule has 12 heteroatoms. The molecule has 1 N–H and O–H groups in total. The molecule has 7 rings (SSSR count). The number of aliphatic hydroxyl groups is 1. The van der Waals surface area contributed by atoms with E-state index in [1.165, 1.54) is 11.9 Å². The predicted molar refractivity (Wildman–Crippen MR) is 178 cm³/mol. The van der Waals surface area contributed by atoms with Gasteiger partial charge in [-0.1, -0.05) is 35.9 Å². The molecular weight excluding hydrogens is 659 g/mol. The van der Waals surface area contributed by atoms with Crippen LogP contribution in [-0.2, 0) is 25.8 Å². The minimum Gasteiger partial charge on any atom is -0.497 e. The topological polar surface area (TPSA) is 127 Å². The number of carbonyl (C=O) groups excluding carboxylic acids is 4. The summed E-state index contributed by atoms with van der Waals surface area (Å²) in [4.78, 5) is 53.6. The van der Waals surface area contributed by atoms with Crippen LogP contribution in [0.5, 0.6) is 11.5 Å². The highest BCUT2D eigenvalue weighted by molar-refractivity contribution is 6.53. The molecule has 48 heavy (non-hydrogen) atoms. The molecule has 4 aliphatic rings. The number of amides is 4. The summed E-state index contributed by atoms with van der Waals surface area (Å²) in [5.41, 5.74) is 2.69. The summed E-state index contributed by atoms with van der Waals surface area (Å²) in [7, 11) is 4.51. The van der Waals surface area contributed by atoms with Crippen LogP contribution >= 0.6 is 23.2 Å². The molecule has 2 saturated heterocycles. The van der Waals surface area contributed by atoms with Crippen molar-refractivity contribution in [1.29, 1.82) is 0 Å². The van der Waals surface area contributed by atoms with Crippen LogP contribution in [0.4, 0.5) is 5.69 Å². The maximum Gasteiger partial charge on any atom is 0.253 e. The molecule has 0 unspecified atom stereocenters. The highest BCUT2D eigenvalue weighted by Gasteiger charge is 2.76. The normalized spacial score (nSPS) is 29.7. The van der Waals surface area contributed by atoms with E-state index in [1.807, 2.05) is 48.6 Å². The number of anilines is 1. The first-order valence-corrected chi connectivity index (χ1v) is 16.2. The number of imide groups is 2. The molecule has 1 aromatic heterocycles. The monoisotopic (exact) mass is 690 g/mol. The number of nitrogens with zero attached hydrogens (tertiary/aromatic N) is 2. The lowest BCUT2D eigenvalue weighted by atomic mass is 9.57. The number of aliphatic hydroxyl groups excluding tert-OH is 1. The van der Waals surface area contributed by atoms with Gasteiger partial charge < -0.3 is 19.0 Å². The van der Waals surface area contributed by atoms with Crippen molar-refractivity contribution in [2.24, 2.45) is 17.8 Å². The minimum atomic E-state index is -1.94. The molecule has 248 valence electrons.